The SMILES string of the molecule is CCCCN(C)C(=O)[C@@H](N)[C@@H](C)CC. The zero-order valence-electron chi connectivity index (χ0n) is 9.92. The molecule has 1 amide bonds. The van der Waals surface area contributed by atoms with Crippen LogP contribution >= 0.6 is 0 Å². The number of amides is 1. The van der Waals surface area contributed by atoms with Crippen LogP contribution in [0.4, 0.5) is 0 Å². The van der Waals surface area contributed by atoms with E-state index in [1.54, 1.807) is 4.90 Å². The normalized spacial score (nSPS) is 14.9. The summed E-state index contributed by atoms with van der Waals surface area (Å²) in [5.74, 6) is 0.347. The van der Waals surface area contributed by atoms with Crippen LogP contribution in [0.5, 0.6) is 0 Å². The monoisotopic (exact) mass is 200 g/mol. The highest BCUT2D eigenvalue weighted by Gasteiger charge is 2.22. The van der Waals surface area contributed by atoms with Gasteiger partial charge < -0.3 is 10.6 Å². The van der Waals surface area contributed by atoms with E-state index in [1.165, 1.54) is 0 Å². The largest absolute Gasteiger partial charge is 0.344 e. The Bertz CT molecular complexity index is 171. The van der Waals surface area contributed by atoms with Crippen molar-refractivity contribution in [1.29, 1.82) is 0 Å². The van der Waals surface area contributed by atoms with Crippen LogP contribution in [0.15, 0.2) is 0 Å². The van der Waals surface area contributed by atoms with Gasteiger partial charge in [0.05, 0.1) is 6.04 Å². The minimum absolute atomic E-state index is 0.0767. The number of likely N-dealkylation sites (N-methyl/N-ethyl adjacent to an activating group) is 1. The molecule has 0 aromatic carbocycles. The van der Waals surface area contributed by atoms with Gasteiger partial charge in [0.25, 0.3) is 0 Å². The number of rotatable bonds is 6. The van der Waals surface area contributed by atoms with Crippen molar-refractivity contribution in [3.8, 4) is 0 Å². The van der Waals surface area contributed by atoms with E-state index in [1.807, 2.05) is 14.0 Å². The molecule has 0 aromatic rings. The third-order valence-corrected chi connectivity index (χ3v) is 2.77. The lowest BCUT2D eigenvalue weighted by molar-refractivity contribution is -0.132. The molecule has 3 nitrogen and oxygen atoms in total. The predicted molar refractivity (Wildman–Crippen MR) is 60.0 cm³/mol. The molecule has 0 bridgehead atoms. The number of unbranched alkanes of at least 4 members (excludes halogenated alkanes) is 1. The molecule has 14 heavy (non-hydrogen) atoms. The minimum Gasteiger partial charge on any atom is -0.344 e. The Labute approximate surface area is 87.6 Å². The summed E-state index contributed by atoms with van der Waals surface area (Å²) < 4.78 is 0. The van der Waals surface area contributed by atoms with Gasteiger partial charge in [0, 0.05) is 13.6 Å². The highest BCUT2D eigenvalue weighted by atomic mass is 16.2. The fourth-order valence-electron chi connectivity index (χ4n) is 1.26. The molecule has 0 aromatic heterocycles. The second-order valence-electron chi connectivity index (χ2n) is 4.02. The molecule has 3 heteroatoms. The Balaban J connectivity index is 4.03. The summed E-state index contributed by atoms with van der Waals surface area (Å²) in [6.07, 6.45) is 3.11. The van der Waals surface area contributed by atoms with E-state index in [9.17, 15) is 4.79 Å². The van der Waals surface area contributed by atoms with E-state index in [4.69, 9.17) is 5.73 Å². The van der Waals surface area contributed by atoms with E-state index in [0.29, 0.717) is 0 Å². The highest BCUT2D eigenvalue weighted by Crippen LogP contribution is 2.08. The van der Waals surface area contributed by atoms with Gasteiger partial charge in [-0.3, -0.25) is 4.79 Å². The molecule has 0 rings (SSSR count). The molecule has 2 atom stereocenters. The van der Waals surface area contributed by atoms with Gasteiger partial charge in [0.15, 0.2) is 0 Å². The lowest BCUT2D eigenvalue weighted by atomic mass is 9.99. The zero-order chi connectivity index (χ0) is 11.1. The molecule has 0 saturated carbocycles. The van der Waals surface area contributed by atoms with E-state index >= 15 is 0 Å². The minimum atomic E-state index is -0.332. The van der Waals surface area contributed by atoms with Crippen LogP contribution in [0.25, 0.3) is 0 Å². The van der Waals surface area contributed by atoms with Crippen LogP contribution < -0.4 is 5.73 Å². The fourth-order valence-corrected chi connectivity index (χ4v) is 1.26. The van der Waals surface area contributed by atoms with Crippen LogP contribution in [0, 0.1) is 5.92 Å². The molecule has 84 valence electrons. The predicted octanol–water partition coefficient (Wildman–Crippen LogP) is 1.62. The number of hydrogen-bond donors (Lipinski definition) is 1. The van der Waals surface area contributed by atoms with Crippen molar-refractivity contribution in [1.82, 2.24) is 4.90 Å². The average Bonchev–Trinajstić information content (AvgIpc) is 2.22. The van der Waals surface area contributed by atoms with Crippen molar-refractivity contribution in [2.75, 3.05) is 13.6 Å². The summed E-state index contributed by atoms with van der Waals surface area (Å²) in [5, 5.41) is 0. The second kappa shape index (κ2) is 6.82. The molecule has 0 radical (unpaired) electrons. The van der Waals surface area contributed by atoms with Crippen molar-refractivity contribution in [2.24, 2.45) is 11.7 Å². The van der Waals surface area contributed by atoms with Crippen molar-refractivity contribution in [2.45, 2.75) is 46.1 Å². The van der Waals surface area contributed by atoms with Gasteiger partial charge in [0.2, 0.25) is 5.91 Å². The van der Waals surface area contributed by atoms with E-state index < -0.39 is 0 Å². The maximum Gasteiger partial charge on any atom is 0.239 e. The van der Waals surface area contributed by atoms with E-state index in [-0.39, 0.29) is 17.9 Å². The number of hydrogen-bond acceptors (Lipinski definition) is 2. The van der Waals surface area contributed by atoms with Gasteiger partial charge >= 0.3 is 0 Å². The third-order valence-electron chi connectivity index (χ3n) is 2.77. The van der Waals surface area contributed by atoms with Gasteiger partial charge in [-0.2, -0.15) is 0 Å². The first-order valence-electron chi connectivity index (χ1n) is 5.55. The van der Waals surface area contributed by atoms with Crippen LogP contribution in [0.2, 0.25) is 0 Å². The van der Waals surface area contributed by atoms with Crippen LogP contribution in [-0.4, -0.2) is 30.4 Å². The van der Waals surface area contributed by atoms with Gasteiger partial charge in [-0.25, -0.2) is 0 Å². The Hall–Kier alpha value is -0.570. The first-order chi connectivity index (χ1) is 6.54. The third kappa shape index (κ3) is 4.09. The van der Waals surface area contributed by atoms with Crippen LogP contribution in [0.3, 0.4) is 0 Å². The number of nitrogens with zero attached hydrogens (tertiary/aromatic N) is 1. The summed E-state index contributed by atoms with van der Waals surface area (Å²) in [5.41, 5.74) is 5.85. The average molecular weight is 200 g/mol. The molecule has 0 fully saturated rings. The molecule has 0 aliphatic heterocycles. The van der Waals surface area contributed by atoms with Crippen LogP contribution in [-0.2, 0) is 4.79 Å². The Morgan fingerprint density at radius 2 is 2.00 bits per heavy atom. The first kappa shape index (κ1) is 13.4. The van der Waals surface area contributed by atoms with E-state index in [0.717, 1.165) is 25.8 Å². The summed E-state index contributed by atoms with van der Waals surface area (Å²) in [6, 6.07) is -0.332. The molecular weight excluding hydrogens is 176 g/mol. The molecular formula is C11H24N2O. The van der Waals surface area contributed by atoms with Crippen molar-refractivity contribution in [3.05, 3.63) is 0 Å². The lowest BCUT2D eigenvalue weighted by Crippen LogP contribution is -2.45. The summed E-state index contributed by atoms with van der Waals surface area (Å²) >= 11 is 0. The summed E-state index contributed by atoms with van der Waals surface area (Å²) in [4.78, 5) is 13.5. The standard InChI is InChI=1S/C11H24N2O/c1-5-7-8-13(4)11(14)10(12)9(3)6-2/h9-10H,5-8,12H2,1-4H3/t9-,10-/m0/s1. The maximum atomic E-state index is 11.8. The summed E-state index contributed by atoms with van der Waals surface area (Å²) in [6.45, 7) is 7.02. The van der Waals surface area contributed by atoms with E-state index in [2.05, 4.69) is 13.8 Å². The molecule has 0 aliphatic carbocycles. The van der Waals surface area contributed by atoms with Crippen molar-refractivity contribution < 1.29 is 4.79 Å². The second-order valence-corrected chi connectivity index (χ2v) is 4.02. The van der Waals surface area contributed by atoms with Gasteiger partial charge in [-0.15, -0.1) is 0 Å². The van der Waals surface area contributed by atoms with Crippen LogP contribution in [0.1, 0.15) is 40.0 Å². The molecule has 0 aliphatic rings. The van der Waals surface area contributed by atoms with Crippen molar-refractivity contribution >= 4 is 5.91 Å². The Kier molecular flexibility index (Phi) is 6.54. The number of carbonyl (C=O) groups excluding carboxylic acids is 1. The smallest absolute Gasteiger partial charge is 0.239 e. The highest BCUT2D eigenvalue weighted by molar-refractivity contribution is 5.81. The molecule has 0 spiro atoms. The lowest BCUT2D eigenvalue weighted by Gasteiger charge is -2.24. The molecule has 2 N–H and O–H groups in total. The first-order valence-corrected chi connectivity index (χ1v) is 5.55. The fraction of sp³-hybridized carbons (Fsp3) is 0.909. The Morgan fingerprint density at radius 1 is 1.43 bits per heavy atom. The molecule has 0 saturated heterocycles. The van der Waals surface area contributed by atoms with Gasteiger partial charge in [-0.05, 0) is 12.3 Å². The van der Waals surface area contributed by atoms with Gasteiger partial charge in [0.1, 0.15) is 0 Å². The number of nitrogens with two attached hydrogens (primary N) is 1. The molecule has 0 unspecified atom stereocenters. The Morgan fingerprint density at radius 3 is 2.43 bits per heavy atom. The van der Waals surface area contributed by atoms with Gasteiger partial charge in [-0.1, -0.05) is 33.6 Å². The number of carbonyl (C=O) groups is 1. The molecule has 0 heterocycles. The quantitative estimate of drug-likeness (QED) is 0.708. The zero-order valence-corrected chi connectivity index (χ0v) is 9.92. The van der Waals surface area contributed by atoms with Crippen molar-refractivity contribution in [3.63, 3.8) is 0 Å². The maximum absolute atomic E-state index is 11.8. The topological polar surface area (TPSA) is 46.3 Å². The summed E-state index contributed by atoms with van der Waals surface area (Å²) in [7, 11) is 1.83.